The van der Waals surface area contributed by atoms with Crippen LogP contribution in [0.25, 0.3) is 58.4 Å². The van der Waals surface area contributed by atoms with Crippen LogP contribution in [0.15, 0.2) is 187 Å². The summed E-state index contributed by atoms with van der Waals surface area (Å²) in [7, 11) is 0. The first-order valence-electron chi connectivity index (χ1n) is 19.7. The molecule has 5 aromatic carbocycles. The zero-order valence-electron chi connectivity index (χ0n) is 34.0. The summed E-state index contributed by atoms with van der Waals surface area (Å²) in [5, 5.41) is 7.77. The highest BCUT2D eigenvalue weighted by Crippen LogP contribution is 2.57. The summed E-state index contributed by atoms with van der Waals surface area (Å²) in [6.45, 7) is 24.4. The molecule has 1 aliphatic carbocycles. The van der Waals surface area contributed by atoms with Gasteiger partial charge in [0.15, 0.2) is 0 Å². The second-order valence-corrected chi connectivity index (χ2v) is 16.3. The Morgan fingerprint density at radius 1 is 0.679 bits per heavy atom. The first-order chi connectivity index (χ1) is 27.1. The summed E-state index contributed by atoms with van der Waals surface area (Å²) in [4.78, 5) is 0. The van der Waals surface area contributed by atoms with Gasteiger partial charge < -0.3 is 0 Å². The molecule has 1 heteroatoms. The molecule has 1 aromatic heterocycles. The quantitative estimate of drug-likeness (QED) is 0.136. The van der Waals surface area contributed by atoms with E-state index in [9.17, 15) is 0 Å². The number of fused-ring (bicyclic) bond motifs is 9. The highest BCUT2D eigenvalue weighted by molar-refractivity contribution is 7.26. The first-order valence-corrected chi connectivity index (χ1v) is 20.5. The molecular formula is C55H52S. The number of benzene rings is 4. The molecule has 0 nitrogen and oxygen atoms in total. The van der Waals surface area contributed by atoms with Crippen molar-refractivity contribution in [3.8, 4) is 0 Å². The predicted octanol–water partition coefficient (Wildman–Crippen LogP) is 16.6. The van der Waals surface area contributed by atoms with Crippen LogP contribution >= 0.6 is 11.3 Å². The Balaban J connectivity index is 1.36. The van der Waals surface area contributed by atoms with Crippen LogP contribution in [0.2, 0.25) is 0 Å². The average Bonchev–Trinajstić information content (AvgIpc) is 3.69. The topological polar surface area (TPSA) is 0 Å². The molecule has 0 bridgehead atoms. The summed E-state index contributed by atoms with van der Waals surface area (Å²) in [6.07, 6.45) is 16.5. The molecule has 0 saturated carbocycles. The van der Waals surface area contributed by atoms with Crippen LogP contribution in [0, 0.1) is 0 Å². The molecule has 7 rings (SSSR count). The zero-order chi connectivity index (χ0) is 39.6. The number of thiophene rings is 1. The highest BCUT2D eigenvalue weighted by Gasteiger charge is 2.41. The Bertz CT molecular complexity index is 2810. The number of hydrogen-bond donors (Lipinski definition) is 0. The Morgan fingerprint density at radius 3 is 1.93 bits per heavy atom. The smallest absolute Gasteiger partial charge is 0.0408 e. The minimum atomic E-state index is -0.130. The van der Waals surface area contributed by atoms with E-state index in [0.717, 1.165) is 34.1 Å². The second-order valence-electron chi connectivity index (χ2n) is 15.3. The second kappa shape index (κ2) is 16.1. The maximum absolute atomic E-state index is 4.55. The first kappa shape index (κ1) is 38.5. The summed E-state index contributed by atoms with van der Waals surface area (Å²) in [5.41, 5.74) is 13.3. The molecule has 0 saturated heterocycles. The Morgan fingerprint density at radius 2 is 1.27 bits per heavy atom. The Kier molecular flexibility index (Phi) is 11.1. The SMILES string of the molecule is C=C(/C=C\C)/C(C)=C\C(=C)c1ccccccc(/C(C)=C/C(=C\C)CC=C2/C(=C\C)C(C)(C)c3c2c2ccccc2c2c3sc3ccccc32)c2ccccc12. The van der Waals surface area contributed by atoms with Gasteiger partial charge in [0.1, 0.15) is 0 Å². The van der Waals surface area contributed by atoms with Gasteiger partial charge >= 0.3 is 0 Å². The van der Waals surface area contributed by atoms with E-state index in [1.165, 1.54) is 75.3 Å². The van der Waals surface area contributed by atoms with Gasteiger partial charge in [-0.25, -0.2) is 0 Å². The molecule has 0 fully saturated rings. The molecule has 1 heterocycles. The van der Waals surface area contributed by atoms with Gasteiger partial charge in [0.25, 0.3) is 0 Å². The van der Waals surface area contributed by atoms with Crippen molar-refractivity contribution in [3.63, 3.8) is 0 Å². The summed E-state index contributed by atoms with van der Waals surface area (Å²) in [5.74, 6) is 0. The van der Waals surface area contributed by atoms with E-state index in [1.54, 1.807) is 0 Å². The standard InChI is InChI=1S/C55H52S/c1-10-23-36(4)37(5)34-38(6)41-24-15-13-14-16-25-42(44-27-18-17-26-43(41)44)39(7)35-40(11-2)32-33-47-49(12-3)55(8,9)53-51(47)45-28-19-20-29-46(45)52-48-30-21-22-31-50(48)56-54(52)53/h10-31,33-35H,4,6,32H2,1-3,5,7-9H3/b14-13?,15-13?,16-14?,23-10-,24-15?,25-16?,37-34-,39-35+,40-11-,41-24?,42-25?,43-41?,44-42?,47-33?,49-12+. The van der Waals surface area contributed by atoms with Gasteiger partial charge in [-0.3, -0.25) is 0 Å². The van der Waals surface area contributed by atoms with E-state index in [-0.39, 0.29) is 5.41 Å². The van der Waals surface area contributed by atoms with Gasteiger partial charge in [0, 0.05) is 25.6 Å². The van der Waals surface area contributed by atoms with Crippen LogP contribution in [-0.2, 0) is 5.41 Å². The van der Waals surface area contributed by atoms with Crippen LogP contribution in [0.1, 0.15) is 77.1 Å². The van der Waals surface area contributed by atoms with Crippen molar-refractivity contribution >= 4 is 69.8 Å². The van der Waals surface area contributed by atoms with Gasteiger partial charge in [-0.05, 0) is 130 Å². The summed E-state index contributed by atoms with van der Waals surface area (Å²) < 4.78 is 2.77. The molecule has 56 heavy (non-hydrogen) atoms. The van der Waals surface area contributed by atoms with Crippen molar-refractivity contribution in [2.24, 2.45) is 0 Å². The van der Waals surface area contributed by atoms with Crippen LogP contribution in [0.4, 0.5) is 0 Å². The zero-order valence-corrected chi connectivity index (χ0v) is 34.8. The van der Waals surface area contributed by atoms with E-state index >= 15 is 0 Å². The fourth-order valence-corrected chi connectivity index (χ4v) is 10.1. The minimum Gasteiger partial charge on any atom is -0.135 e. The van der Waals surface area contributed by atoms with E-state index in [1.807, 2.05) is 30.4 Å². The van der Waals surface area contributed by atoms with Crippen molar-refractivity contribution in [3.05, 3.63) is 209 Å². The maximum Gasteiger partial charge on any atom is 0.0408 e. The predicted molar refractivity (Wildman–Crippen MR) is 252 cm³/mol. The lowest BCUT2D eigenvalue weighted by Gasteiger charge is -2.23. The third kappa shape index (κ3) is 6.97. The fraction of sp³-hybridized carbons (Fsp3) is 0.164. The molecule has 0 spiro atoms. The van der Waals surface area contributed by atoms with E-state index in [2.05, 4.69) is 194 Å². The molecule has 0 aliphatic heterocycles. The minimum absolute atomic E-state index is 0.130. The van der Waals surface area contributed by atoms with Crippen molar-refractivity contribution < 1.29 is 0 Å². The number of hydrogen-bond acceptors (Lipinski definition) is 1. The molecule has 0 radical (unpaired) electrons. The summed E-state index contributed by atoms with van der Waals surface area (Å²) in [6, 6.07) is 39.5. The fourth-order valence-electron chi connectivity index (χ4n) is 8.66. The average molecular weight is 745 g/mol. The molecule has 0 amide bonds. The third-order valence-corrected chi connectivity index (χ3v) is 12.6. The van der Waals surface area contributed by atoms with E-state index in [0.29, 0.717) is 0 Å². The third-order valence-electron chi connectivity index (χ3n) is 11.4. The highest BCUT2D eigenvalue weighted by atomic mass is 32.1. The van der Waals surface area contributed by atoms with Gasteiger partial charge in [-0.15, -0.1) is 11.3 Å². The summed E-state index contributed by atoms with van der Waals surface area (Å²) >= 11 is 1.95. The van der Waals surface area contributed by atoms with Crippen molar-refractivity contribution in [1.29, 1.82) is 0 Å². The lowest BCUT2D eigenvalue weighted by Crippen LogP contribution is -2.15. The molecule has 6 aromatic rings. The Labute approximate surface area is 337 Å². The lowest BCUT2D eigenvalue weighted by molar-refractivity contribution is 0.667. The van der Waals surface area contributed by atoms with E-state index < -0.39 is 0 Å². The lowest BCUT2D eigenvalue weighted by atomic mass is 9.81. The van der Waals surface area contributed by atoms with Gasteiger partial charge in [-0.2, -0.15) is 0 Å². The van der Waals surface area contributed by atoms with Crippen LogP contribution < -0.4 is 0 Å². The molecule has 278 valence electrons. The van der Waals surface area contributed by atoms with Crippen molar-refractivity contribution in [2.75, 3.05) is 0 Å². The van der Waals surface area contributed by atoms with Gasteiger partial charge in [0.2, 0.25) is 0 Å². The van der Waals surface area contributed by atoms with Crippen LogP contribution in [0.3, 0.4) is 0 Å². The molecule has 0 N–H and O–H groups in total. The molecule has 0 unspecified atom stereocenters. The normalized spacial score (nSPS) is 16.1. The van der Waals surface area contributed by atoms with Crippen LogP contribution in [0.5, 0.6) is 0 Å². The molecular weight excluding hydrogens is 693 g/mol. The van der Waals surface area contributed by atoms with Crippen molar-refractivity contribution in [1.82, 2.24) is 0 Å². The van der Waals surface area contributed by atoms with E-state index in [4.69, 9.17) is 0 Å². The number of rotatable bonds is 8. The molecule has 0 atom stereocenters. The molecule has 1 aliphatic rings. The van der Waals surface area contributed by atoms with Gasteiger partial charge in [0.05, 0.1) is 0 Å². The van der Waals surface area contributed by atoms with Crippen molar-refractivity contribution in [2.45, 2.75) is 60.3 Å². The monoisotopic (exact) mass is 744 g/mol. The maximum atomic E-state index is 4.55. The number of allylic oxidation sites excluding steroid dienone is 14. The Hall–Kier alpha value is -5.76. The largest absolute Gasteiger partial charge is 0.135 e. The van der Waals surface area contributed by atoms with Crippen LogP contribution in [-0.4, -0.2) is 0 Å². The van der Waals surface area contributed by atoms with Gasteiger partial charge in [-0.1, -0.05) is 173 Å².